The van der Waals surface area contributed by atoms with E-state index in [9.17, 15) is 17.6 Å². The van der Waals surface area contributed by atoms with Gasteiger partial charge in [-0.2, -0.15) is 0 Å². The summed E-state index contributed by atoms with van der Waals surface area (Å²) in [6, 6.07) is 13.4. The zero-order chi connectivity index (χ0) is 24.2. The van der Waals surface area contributed by atoms with Crippen molar-refractivity contribution >= 4 is 43.0 Å². The minimum atomic E-state index is -3.28. The Morgan fingerprint density at radius 1 is 1.12 bits per heavy atom. The molecule has 4 aromatic rings. The number of rotatable bonds is 4. The number of ether oxygens (including phenoxy) is 1. The third kappa shape index (κ3) is 3.97. The van der Waals surface area contributed by atoms with Gasteiger partial charge in [0.15, 0.2) is 28.0 Å². The summed E-state index contributed by atoms with van der Waals surface area (Å²) in [5.41, 5.74) is 4.25. The Labute approximate surface area is 203 Å². The summed E-state index contributed by atoms with van der Waals surface area (Å²) < 4.78 is 45.7. The molecule has 0 radical (unpaired) electrons. The molecule has 2 aromatic carbocycles. The molecular weight excluding hydrogens is 525 g/mol. The molecular formula is C24H19BrFN3O4S. The number of aromatic nitrogens is 2. The van der Waals surface area contributed by atoms with Crippen LogP contribution in [0.4, 0.5) is 10.1 Å². The zero-order valence-corrected chi connectivity index (χ0v) is 20.7. The van der Waals surface area contributed by atoms with E-state index < -0.39 is 15.7 Å². The van der Waals surface area contributed by atoms with Crippen LogP contribution in [0.25, 0.3) is 16.8 Å². The Kier molecular flexibility index (Phi) is 5.44. The van der Waals surface area contributed by atoms with Crippen molar-refractivity contribution in [2.45, 2.75) is 18.4 Å². The topological polar surface area (TPSA) is 81.0 Å². The first-order valence-electron chi connectivity index (χ1n) is 10.3. The average Bonchev–Trinajstić information content (AvgIpc) is 3.09. The maximum absolute atomic E-state index is 14.4. The van der Waals surface area contributed by atoms with Gasteiger partial charge in [-0.05, 0) is 54.4 Å². The molecule has 7 nitrogen and oxygen atoms in total. The SMILES string of the molecule is Cc1nc2ccc(-c3ccc(S(C)(=O)=O)cc3)cn2c1CN1C(=O)COc2c(F)cc(Br)cc21. The van der Waals surface area contributed by atoms with Crippen LogP contribution in [0, 0.1) is 12.7 Å². The Hall–Kier alpha value is -3.24. The minimum absolute atomic E-state index is 0.0425. The van der Waals surface area contributed by atoms with Gasteiger partial charge < -0.3 is 9.14 Å². The summed E-state index contributed by atoms with van der Waals surface area (Å²) in [4.78, 5) is 19.1. The van der Waals surface area contributed by atoms with Gasteiger partial charge in [-0.3, -0.25) is 9.69 Å². The molecule has 0 atom stereocenters. The summed E-state index contributed by atoms with van der Waals surface area (Å²) in [7, 11) is -3.28. The number of carbonyl (C=O) groups is 1. The molecule has 0 spiro atoms. The van der Waals surface area contributed by atoms with Crippen LogP contribution in [0.5, 0.6) is 5.75 Å². The number of hydrogen-bond donors (Lipinski definition) is 0. The van der Waals surface area contributed by atoms with Crippen molar-refractivity contribution < 1.29 is 22.3 Å². The predicted octanol–water partition coefficient (Wildman–Crippen LogP) is 4.54. The fraction of sp³-hybridized carbons (Fsp3) is 0.167. The quantitative estimate of drug-likeness (QED) is 0.377. The van der Waals surface area contributed by atoms with Gasteiger partial charge in [0.05, 0.1) is 28.5 Å². The molecule has 0 saturated carbocycles. The molecule has 0 N–H and O–H groups in total. The van der Waals surface area contributed by atoms with Crippen LogP contribution in [0.2, 0.25) is 0 Å². The van der Waals surface area contributed by atoms with Gasteiger partial charge >= 0.3 is 0 Å². The molecule has 0 saturated heterocycles. The van der Waals surface area contributed by atoms with E-state index in [0.717, 1.165) is 22.5 Å². The number of carbonyl (C=O) groups excluding carboxylic acids is 1. The van der Waals surface area contributed by atoms with Gasteiger partial charge in [-0.25, -0.2) is 17.8 Å². The molecule has 10 heteroatoms. The van der Waals surface area contributed by atoms with E-state index in [1.54, 1.807) is 30.3 Å². The predicted molar refractivity (Wildman–Crippen MR) is 129 cm³/mol. The first-order chi connectivity index (χ1) is 16.1. The van der Waals surface area contributed by atoms with Crippen LogP contribution >= 0.6 is 15.9 Å². The van der Waals surface area contributed by atoms with Crippen molar-refractivity contribution in [3.8, 4) is 16.9 Å². The Balaban J connectivity index is 1.57. The number of imidazole rings is 1. The van der Waals surface area contributed by atoms with Crippen LogP contribution in [0.1, 0.15) is 11.4 Å². The summed E-state index contributed by atoms with van der Waals surface area (Å²) >= 11 is 3.28. The zero-order valence-electron chi connectivity index (χ0n) is 18.2. The molecule has 2 aromatic heterocycles. The third-order valence-electron chi connectivity index (χ3n) is 5.76. The maximum atomic E-state index is 14.4. The highest BCUT2D eigenvalue weighted by molar-refractivity contribution is 9.10. The number of amides is 1. The summed E-state index contributed by atoms with van der Waals surface area (Å²) in [6.45, 7) is 1.78. The maximum Gasteiger partial charge on any atom is 0.265 e. The fourth-order valence-electron chi connectivity index (χ4n) is 4.03. The van der Waals surface area contributed by atoms with Crippen molar-refractivity contribution in [2.24, 2.45) is 0 Å². The molecule has 34 heavy (non-hydrogen) atoms. The molecule has 1 amide bonds. The van der Waals surface area contributed by atoms with Crippen molar-refractivity contribution in [1.29, 1.82) is 0 Å². The molecule has 1 aliphatic rings. The number of aryl methyl sites for hydroxylation is 1. The molecule has 0 fully saturated rings. The number of fused-ring (bicyclic) bond motifs is 2. The monoisotopic (exact) mass is 543 g/mol. The highest BCUT2D eigenvalue weighted by Gasteiger charge is 2.30. The van der Waals surface area contributed by atoms with Gasteiger partial charge in [0.2, 0.25) is 0 Å². The number of hydrogen-bond acceptors (Lipinski definition) is 5. The second-order valence-electron chi connectivity index (χ2n) is 8.09. The van der Waals surface area contributed by atoms with Gasteiger partial charge in [0.1, 0.15) is 5.65 Å². The molecule has 3 heterocycles. The van der Waals surface area contributed by atoms with Gasteiger partial charge in [-0.1, -0.05) is 28.1 Å². The number of benzene rings is 2. The molecule has 0 aliphatic carbocycles. The van der Waals surface area contributed by atoms with Crippen LogP contribution in [-0.2, 0) is 21.2 Å². The van der Waals surface area contributed by atoms with E-state index in [1.165, 1.54) is 17.2 Å². The highest BCUT2D eigenvalue weighted by atomic mass is 79.9. The molecule has 0 unspecified atom stereocenters. The van der Waals surface area contributed by atoms with E-state index in [0.29, 0.717) is 15.8 Å². The van der Waals surface area contributed by atoms with Crippen molar-refractivity contribution in [3.63, 3.8) is 0 Å². The molecule has 5 rings (SSSR count). The van der Waals surface area contributed by atoms with Gasteiger partial charge in [-0.15, -0.1) is 0 Å². The smallest absolute Gasteiger partial charge is 0.265 e. The van der Waals surface area contributed by atoms with E-state index in [1.807, 2.05) is 29.7 Å². The lowest BCUT2D eigenvalue weighted by Crippen LogP contribution is -2.39. The van der Waals surface area contributed by atoms with Crippen molar-refractivity contribution in [1.82, 2.24) is 9.38 Å². The third-order valence-corrected chi connectivity index (χ3v) is 7.35. The van der Waals surface area contributed by atoms with Crippen LogP contribution in [0.15, 0.2) is 64.1 Å². The van der Waals surface area contributed by atoms with E-state index >= 15 is 0 Å². The molecule has 174 valence electrons. The second-order valence-corrected chi connectivity index (χ2v) is 11.0. The average molecular weight is 544 g/mol. The lowest BCUT2D eigenvalue weighted by Gasteiger charge is -2.29. The first-order valence-corrected chi connectivity index (χ1v) is 13.0. The standard InChI is InChI=1S/C24H19BrFN3O4S/c1-14-21(12-29-20-10-17(25)9-19(26)24(20)33-13-23(29)30)28-11-16(5-8-22(28)27-14)15-3-6-18(7-4-15)34(2,31)32/h3-11H,12-13H2,1-2H3. The highest BCUT2D eigenvalue weighted by Crippen LogP contribution is 2.38. The number of nitrogens with zero attached hydrogens (tertiary/aromatic N) is 3. The van der Waals surface area contributed by atoms with E-state index in [4.69, 9.17) is 4.74 Å². The fourth-order valence-corrected chi connectivity index (χ4v) is 5.07. The molecule has 0 bridgehead atoms. The second kappa shape index (κ2) is 8.21. The lowest BCUT2D eigenvalue weighted by atomic mass is 10.1. The summed E-state index contributed by atoms with van der Waals surface area (Å²) in [6.07, 6.45) is 3.07. The summed E-state index contributed by atoms with van der Waals surface area (Å²) in [5.74, 6) is -0.788. The number of pyridine rings is 1. The van der Waals surface area contributed by atoms with Gasteiger partial charge in [0.25, 0.3) is 5.91 Å². The van der Waals surface area contributed by atoms with E-state index in [2.05, 4.69) is 20.9 Å². The Morgan fingerprint density at radius 2 is 1.82 bits per heavy atom. The summed E-state index contributed by atoms with van der Waals surface area (Å²) in [5, 5.41) is 0. The molecule has 1 aliphatic heterocycles. The number of halogens is 2. The van der Waals surface area contributed by atoms with Crippen molar-refractivity contribution in [2.75, 3.05) is 17.8 Å². The van der Waals surface area contributed by atoms with Crippen LogP contribution in [-0.4, -0.2) is 36.6 Å². The van der Waals surface area contributed by atoms with Crippen LogP contribution in [0.3, 0.4) is 0 Å². The Bertz CT molecular complexity index is 1570. The van der Waals surface area contributed by atoms with E-state index in [-0.39, 0.29) is 29.7 Å². The minimum Gasteiger partial charge on any atom is -0.478 e. The Morgan fingerprint density at radius 3 is 2.53 bits per heavy atom. The van der Waals surface area contributed by atoms with Gasteiger partial charge in [0, 0.05) is 16.9 Å². The van der Waals surface area contributed by atoms with Crippen LogP contribution < -0.4 is 9.64 Å². The number of anilines is 1. The lowest BCUT2D eigenvalue weighted by molar-refractivity contribution is -0.121. The normalized spacial score (nSPS) is 13.8. The number of sulfone groups is 1. The largest absolute Gasteiger partial charge is 0.478 e. The first kappa shape index (κ1) is 22.5. The van der Waals surface area contributed by atoms with Crippen molar-refractivity contribution in [3.05, 3.63) is 76.4 Å².